The summed E-state index contributed by atoms with van der Waals surface area (Å²) in [5.41, 5.74) is 9.23. The summed E-state index contributed by atoms with van der Waals surface area (Å²) in [5, 5.41) is 11.2. The molecule has 0 heterocycles. The van der Waals surface area contributed by atoms with Crippen LogP contribution < -0.4 is 16.5 Å². The van der Waals surface area contributed by atoms with Crippen LogP contribution in [0, 0.1) is 0 Å². The average Bonchev–Trinajstić information content (AvgIpc) is 2.55. The van der Waals surface area contributed by atoms with Gasteiger partial charge in [-0.25, -0.2) is 5.48 Å². The number of hydrogen-bond donors (Lipinski definition) is 4. The molecule has 0 bridgehead atoms. The van der Waals surface area contributed by atoms with Crippen LogP contribution in [0.2, 0.25) is 0 Å². The number of carbonyl (C=O) groups is 2. The molecule has 6 heteroatoms. The Balaban J connectivity index is 1.95. The first-order valence-corrected chi connectivity index (χ1v) is 6.75. The Kier molecular flexibility index (Phi) is 5.24. The molecular formula is C16H17N3O3. The highest BCUT2D eigenvalue weighted by Gasteiger charge is 2.14. The second-order valence-electron chi connectivity index (χ2n) is 4.80. The van der Waals surface area contributed by atoms with Crippen LogP contribution in [0.25, 0.3) is 0 Å². The van der Waals surface area contributed by atoms with E-state index in [0.29, 0.717) is 12.1 Å². The van der Waals surface area contributed by atoms with Gasteiger partial charge in [0.15, 0.2) is 0 Å². The van der Waals surface area contributed by atoms with Crippen molar-refractivity contribution in [1.29, 1.82) is 0 Å². The number of hydrogen-bond acceptors (Lipinski definition) is 4. The van der Waals surface area contributed by atoms with E-state index in [9.17, 15) is 9.59 Å². The van der Waals surface area contributed by atoms with Crippen molar-refractivity contribution < 1.29 is 14.8 Å². The summed E-state index contributed by atoms with van der Waals surface area (Å²) in [4.78, 5) is 23.2. The summed E-state index contributed by atoms with van der Waals surface area (Å²) in [6.45, 7) is 0. The lowest BCUT2D eigenvalue weighted by Gasteiger charge is -2.12. The van der Waals surface area contributed by atoms with Gasteiger partial charge in [-0.2, -0.15) is 0 Å². The molecule has 0 aliphatic carbocycles. The molecule has 1 atom stereocenters. The Morgan fingerprint density at radius 1 is 1.05 bits per heavy atom. The zero-order chi connectivity index (χ0) is 15.9. The summed E-state index contributed by atoms with van der Waals surface area (Å²) >= 11 is 0. The van der Waals surface area contributed by atoms with E-state index < -0.39 is 11.9 Å². The van der Waals surface area contributed by atoms with Gasteiger partial charge in [-0.05, 0) is 36.2 Å². The largest absolute Gasteiger partial charge is 0.325 e. The smallest absolute Gasteiger partial charge is 0.274 e. The highest BCUT2D eigenvalue weighted by molar-refractivity contribution is 5.96. The van der Waals surface area contributed by atoms with Gasteiger partial charge in [0, 0.05) is 11.3 Å². The number of hydroxylamine groups is 1. The predicted octanol–water partition coefficient (Wildman–Crippen LogP) is 1.31. The van der Waals surface area contributed by atoms with E-state index in [2.05, 4.69) is 5.32 Å². The SMILES string of the molecule is N[C@@H](Cc1ccccc1)C(=O)Nc1ccc(C(=O)NO)cc1. The van der Waals surface area contributed by atoms with Gasteiger partial charge in [0.2, 0.25) is 5.91 Å². The molecule has 0 fully saturated rings. The summed E-state index contributed by atoms with van der Waals surface area (Å²) in [6.07, 6.45) is 0.442. The van der Waals surface area contributed by atoms with E-state index in [0.717, 1.165) is 5.56 Å². The molecule has 2 aromatic rings. The van der Waals surface area contributed by atoms with Gasteiger partial charge in [-0.1, -0.05) is 30.3 Å². The van der Waals surface area contributed by atoms with Gasteiger partial charge in [0.05, 0.1) is 6.04 Å². The van der Waals surface area contributed by atoms with Crippen LogP contribution >= 0.6 is 0 Å². The molecule has 5 N–H and O–H groups in total. The zero-order valence-electron chi connectivity index (χ0n) is 11.8. The van der Waals surface area contributed by atoms with Crippen molar-refractivity contribution in [3.8, 4) is 0 Å². The van der Waals surface area contributed by atoms with Crippen LogP contribution in [0.3, 0.4) is 0 Å². The minimum absolute atomic E-state index is 0.286. The Bertz CT molecular complexity index is 641. The molecule has 6 nitrogen and oxygen atoms in total. The van der Waals surface area contributed by atoms with E-state index in [1.54, 1.807) is 17.6 Å². The number of nitrogens with two attached hydrogens (primary N) is 1. The maximum absolute atomic E-state index is 12.0. The maximum atomic E-state index is 12.0. The van der Waals surface area contributed by atoms with Crippen molar-refractivity contribution in [2.24, 2.45) is 5.73 Å². The highest BCUT2D eigenvalue weighted by Crippen LogP contribution is 2.10. The van der Waals surface area contributed by atoms with Crippen LogP contribution in [-0.2, 0) is 11.2 Å². The van der Waals surface area contributed by atoms with Crippen LogP contribution in [0.4, 0.5) is 5.69 Å². The lowest BCUT2D eigenvalue weighted by atomic mass is 10.1. The first-order valence-electron chi connectivity index (χ1n) is 6.75. The van der Waals surface area contributed by atoms with Crippen molar-refractivity contribution in [2.45, 2.75) is 12.5 Å². The summed E-state index contributed by atoms with van der Waals surface area (Å²) in [5.74, 6) is -0.915. The summed E-state index contributed by atoms with van der Waals surface area (Å²) in [6, 6.07) is 15.0. The standard InChI is InChI=1S/C16H17N3O3/c17-14(10-11-4-2-1-3-5-11)16(21)18-13-8-6-12(7-9-13)15(20)19-22/h1-9,14,22H,10,17H2,(H,18,21)(H,19,20)/t14-/m0/s1. The molecule has 0 saturated heterocycles. The quantitative estimate of drug-likeness (QED) is 0.493. The second-order valence-corrected chi connectivity index (χ2v) is 4.80. The number of amides is 2. The van der Waals surface area contributed by atoms with Gasteiger partial charge < -0.3 is 11.1 Å². The average molecular weight is 299 g/mol. The Morgan fingerprint density at radius 2 is 1.68 bits per heavy atom. The molecule has 0 saturated carbocycles. The molecule has 0 radical (unpaired) electrons. The van der Waals surface area contributed by atoms with E-state index >= 15 is 0 Å². The lowest BCUT2D eigenvalue weighted by molar-refractivity contribution is -0.117. The minimum atomic E-state index is -0.664. The number of anilines is 1. The Hall–Kier alpha value is -2.70. The monoisotopic (exact) mass is 299 g/mol. The number of benzene rings is 2. The summed E-state index contributed by atoms with van der Waals surface area (Å²) < 4.78 is 0. The van der Waals surface area contributed by atoms with E-state index in [1.807, 2.05) is 30.3 Å². The van der Waals surface area contributed by atoms with Crippen molar-refractivity contribution in [3.05, 3.63) is 65.7 Å². The highest BCUT2D eigenvalue weighted by atomic mass is 16.5. The first kappa shape index (κ1) is 15.7. The van der Waals surface area contributed by atoms with Crippen LogP contribution in [0.5, 0.6) is 0 Å². The molecule has 0 aliphatic heterocycles. The molecule has 0 unspecified atom stereocenters. The van der Waals surface area contributed by atoms with Crippen molar-refractivity contribution in [1.82, 2.24) is 5.48 Å². The van der Waals surface area contributed by atoms with E-state index in [4.69, 9.17) is 10.9 Å². The molecule has 2 aromatic carbocycles. The number of rotatable bonds is 5. The van der Waals surface area contributed by atoms with E-state index in [-0.39, 0.29) is 11.5 Å². The Labute approximate surface area is 127 Å². The third kappa shape index (κ3) is 4.15. The first-order chi connectivity index (χ1) is 10.6. The fourth-order valence-corrected chi connectivity index (χ4v) is 1.97. The van der Waals surface area contributed by atoms with Crippen molar-refractivity contribution in [2.75, 3.05) is 5.32 Å². The van der Waals surface area contributed by atoms with E-state index in [1.165, 1.54) is 12.1 Å². The third-order valence-electron chi connectivity index (χ3n) is 3.15. The van der Waals surface area contributed by atoms with Gasteiger partial charge in [-0.15, -0.1) is 0 Å². The molecular weight excluding hydrogens is 282 g/mol. The predicted molar refractivity (Wildman–Crippen MR) is 82.4 cm³/mol. The molecule has 2 amide bonds. The van der Waals surface area contributed by atoms with Crippen LogP contribution in [0.15, 0.2) is 54.6 Å². The number of nitrogens with one attached hydrogen (secondary N) is 2. The lowest BCUT2D eigenvalue weighted by Crippen LogP contribution is -2.37. The molecule has 114 valence electrons. The fourth-order valence-electron chi connectivity index (χ4n) is 1.97. The minimum Gasteiger partial charge on any atom is -0.325 e. The molecule has 0 aromatic heterocycles. The van der Waals surface area contributed by atoms with Gasteiger partial charge in [-0.3, -0.25) is 14.8 Å². The van der Waals surface area contributed by atoms with Gasteiger partial charge in [0.1, 0.15) is 0 Å². The maximum Gasteiger partial charge on any atom is 0.274 e. The third-order valence-corrected chi connectivity index (χ3v) is 3.15. The summed E-state index contributed by atoms with van der Waals surface area (Å²) in [7, 11) is 0. The molecule has 0 aliphatic rings. The van der Waals surface area contributed by atoms with Gasteiger partial charge >= 0.3 is 0 Å². The van der Waals surface area contributed by atoms with Crippen molar-refractivity contribution in [3.63, 3.8) is 0 Å². The fraction of sp³-hybridized carbons (Fsp3) is 0.125. The van der Waals surface area contributed by atoms with Gasteiger partial charge in [0.25, 0.3) is 5.91 Å². The second kappa shape index (κ2) is 7.35. The molecule has 2 rings (SSSR count). The van der Waals surface area contributed by atoms with Crippen LogP contribution in [0.1, 0.15) is 15.9 Å². The molecule has 22 heavy (non-hydrogen) atoms. The normalized spacial score (nSPS) is 11.5. The zero-order valence-corrected chi connectivity index (χ0v) is 11.8. The number of carbonyl (C=O) groups excluding carboxylic acids is 2. The van der Waals surface area contributed by atoms with Crippen molar-refractivity contribution >= 4 is 17.5 Å². The molecule has 0 spiro atoms. The Morgan fingerprint density at radius 3 is 2.27 bits per heavy atom. The van der Waals surface area contributed by atoms with Crippen LogP contribution in [-0.4, -0.2) is 23.1 Å². The topological polar surface area (TPSA) is 104 Å².